The van der Waals surface area contributed by atoms with Crippen LogP contribution in [-0.4, -0.2) is 45.5 Å². The molecular weight excluding hydrogens is 392 g/mol. The van der Waals surface area contributed by atoms with Gasteiger partial charge in [-0.25, -0.2) is 0 Å². The fourth-order valence-corrected chi connectivity index (χ4v) is 4.80. The molecule has 0 spiro atoms. The number of nitrogens with one attached hydrogen (secondary N) is 1. The van der Waals surface area contributed by atoms with Crippen molar-refractivity contribution in [3.63, 3.8) is 0 Å². The number of hydrogen-bond donors (Lipinski definition) is 1. The summed E-state index contributed by atoms with van der Waals surface area (Å²) >= 11 is 6.09. The monoisotopic (exact) mass is 416 g/mol. The lowest BCUT2D eigenvalue weighted by Crippen LogP contribution is -2.49. The van der Waals surface area contributed by atoms with Crippen molar-refractivity contribution in [1.82, 2.24) is 20.4 Å². The molecule has 2 amide bonds. The molecule has 7 nitrogen and oxygen atoms in total. The van der Waals surface area contributed by atoms with Crippen LogP contribution in [0.2, 0.25) is 5.02 Å². The van der Waals surface area contributed by atoms with Gasteiger partial charge in [-0.1, -0.05) is 35.7 Å². The first kappa shape index (κ1) is 19.9. The highest BCUT2D eigenvalue weighted by molar-refractivity contribution is 6.31. The Labute approximate surface area is 174 Å². The minimum Gasteiger partial charge on any atom is -0.354 e. The number of carbonyl (C=O) groups excluding carboxylic acids is 2. The summed E-state index contributed by atoms with van der Waals surface area (Å²) in [6.07, 6.45) is 5.43. The number of rotatable bonds is 5. The zero-order chi connectivity index (χ0) is 20.4. The summed E-state index contributed by atoms with van der Waals surface area (Å²) in [4.78, 5) is 32.3. The molecule has 2 fully saturated rings. The van der Waals surface area contributed by atoms with Crippen molar-refractivity contribution in [2.45, 2.75) is 57.5 Å². The van der Waals surface area contributed by atoms with Crippen molar-refractivity contribution in [1.29, 1.82) is 0 Å². The molecule has 1 N–H and O–H groups in total. The summed E-state index contributed by atoms with van der Waals surface area (Å²) < 4.78 is 5.09. The number of amides is 2. The molecule has 8 heteroatoms. The molecule has 1 saturated carbocycles. The molecule has 0 bridgehead atoms. The fraction of sp³-hybridized carbons (Fsp3) is 0.524. The molecule has 4 rings (SSSR count). The number of nitrogens with zero attached hydrogens (tertiary/aromatic N) is 3. The zero-order valence-corrected chi connectivity index (χ0v) is 17.2. The summed E-state index contributed by atoms with van der Waals surface area (Å²) in [6, 6.07) is 6.61. The van der Waals surface area contributed by atoms with Gasteiger partial charge in [-0.15, -0.1) is 0 Å². The Kier molecular flexibility index (Phi) is 5.85. The SMILES string of the molecule is Cc1noc(CCNC(=O)C2CC3CCCCC3N2C(=O)c2cccc(Cl)c2)n1. The van der Waals surface area contributed by atoms with E-state index in [1.807, 2.05) is 4.90 Å². The van der Waals surface area contributed by atoms with Crippen LogP contribution in [0.15, 0.2) is 28.8 Å². The van der Waals surface area contributed by atoms with E-state index in [-0.39, 0.29) is 17.9 Å². The Hall–Kier alpha value is -2.41. The molecule has 1 aromatic carbocycles. The van der Waals surface area contributed by atoms with Gasteiger partial charge in [0.05, 0.1) is 0 Å². The summed E-state index contributed by atoms with van der Waals surface area (Å²) in [5.74, 6) is 1.21. The van der Waals surface area contributed by atoms with Crippen molar-refractivity contribution in [2.24, 2.45) is 5.92 Å². The van der Waals surface area contributed by atoms with E-state index in [2.05, 4.69) is 15.5 Å². The maximum atomic E-state index is 13.3. The lowest BCUT2D eigenvalue weighted by atomic mass is 9.84. The maximum Gasteiger partial charge on any atom is 0.254 e. The predicted molar refractivity (Wildman–Crippen MR) is 108 cm³/mol. The quantitative estimate of drug-likeness (QED) is 0.808. The standard InChI is InChI=1S/C21H25ClN4O3/c1-13-24-19(29-25-13)9-10-23-20(27)18-12-14-5-2-3-8-17(14)26(18)21(28)15-6-4-7-16(22)11-15/h4,6-7,11,14,17-18H,2-3,5,8-10,12H2,1H3,(H,23,27). The normalized spacial score (nSPS) is 23.7. The molecule has 0 radical (unpaired) electrons. The van der Waals surface area contributed by atoms with Crippen molar-refractivity contribution in [2.75, 3.05) is 6.54 Å². The topological polar surface area (TPSA) is 88.3 Å². The summed E-state index contributed by atoms with van der Waals surface area (Å²) in [5.41, 5.74) is 0.530. The van der Waals surface area contributed by atoms with Gasteiger partial charge in [0.25, 0.3) is 5.91 Å². The Balaban J connectivity index is 1.48. The lowest BCUT2D eigenvalue weighted by Gasteiger charge is -2.33. The predicted octanol–water partition coefficient (Wildman–Crippen LogP) is 3.16. The summed E-state index contributed by atoms with van der Waals surface area (Å²) in [7, 11) is 0. The summed E-state index contributed by atoms with van der Waals surface area (Å²) in [5, 5.41) is 7.23. The lowest BCUT2D eigenvalue weighted by molar-refractivity contribution is -0.125. The van der Waals surface area contributed by atoms with E-state index >= 15 is 0 Å². The zero-order valence-electron chi connectivity index (χ0n) is 16.4. The van der Waals surface area contributed by atoms with Gasteiger partial charge in [-0.3, -0.25) is 9.59 Å². The molecule has 1 aliphatic heterocycles. The summed E-state index contributed by atoms with van der Waals surface area (Å²) in [6.45, 7) is 2.15. The van der Waals surface area contributed by atoms with E-state index in [0.29, 0.717) is 47.6 Å². The highest BCUT2D eigenvalue weighted by Gasteiger charge is 2.47. The molecule has 3 atom stereocenters. The van der Waals surface area contributed by atoms with Gasteiger partial charge in [0.2, 0.25) is 11.8 Å². The Bertz CT molecular complexity index is 900. The van der Waals surface area contributed by atoms with E-state index in [9.17, 15) is 9.59 Å². The number of aryl methyl sites for hydroxylation is 1. The van der Waals surface area contributed by atoms with Crippen LogP contribution in [0.5, 0.6) is 0 Å². The number of likely N-dealkylation sites (tertiary alicyclic amines) is 1. The van der Waals surface area contributed by atoms with Gasteiger partial charge in [0.15, 0.2) is 5.82 Å². The van der Waals surface area contributed by atoms with E-state index in [1.54, 1.807) is 31.2 Å². The van der Waals surface area contributed by atoms with E-state index in [0.717, 1.165) is 25.7 Å². The molecule has 2 heterocycles. The highest BCUT2D eigenvalue weighted by Crippen LogP contribution is 2.40. The highest BCUT2D eigenvalue weighted by atomic mass is 35.5. The molecule has 1 aliphatic carbocycles. The van der Waals surface area contributed by atoms with Crippen LogP contribution < -0.4 is 5.32 Å². The van der Waals surface area contributed by atoms with Crippen LogP contribution in [0.1, 0.15) is 54.2 Å². The van der Waals surface area contributed by atoms with Crippen molar-refractivity contribution in [3.05, 3.63) is 46.6 Å². The number of carbonyl (C=O) groups is 2. The second kappa shape index (κ2) is 8.53. The number of halogens is 1. The second-order valence-electron chi connectivity index (χ2n) is 7.86. The Morgan fingerprint density at radius 3 is 2.90 bits per heavy atom. The van der Waals surface area contributed by atoms with E-state index in [1.165, 1.54) is 0 Å². The number of fused-ring (bicyclic) bond motifs is 1. The third kappa shape index (κ3) is 4.29. The van der Waals surface area contributed by atoms with Gasteiger partial charge in [-0.2, -0.15) is 4.98 Å². The first-order valence-corrected chi connectivity index (χ1v) is 10.6. The first-order valence-electron chi connectivity index (χ1n) is 10.2. The van der Waals surface area contributed by atoms with Crippen molar-refractivity contribution in [3.8, 4) is 0 Å². The number of aromatic nitrogens is 2. The van der Waals surface area contributed by atoms with Gasteiger partial charge in [0.1, 0.15) is 6.04 Å². The molecule has 1 saturated heterocycles. The van der Waals surface area contributed by atoms with Crippen LogP contribution >= 0.6 is 11.6 Å². The van der Waals surface area contributed by atoms with Gasteiger partial charge in [0, 0.05) is 29.6 Å². The van der Waals surface area contributed by atoms with Gasteiger partial charge >= 0.3 is 0 Å². The van der Waals surface area contributed by atoms with Crippen LogP contribution in [0.4, 0.5) is 0 Å². The van der Waals surface area contributed by atoms with Crippen LogP contribution in [0.25, 0.3) is 0 Å². The Morgan fingerprint density at radius 1 is 1.31 bits per heavy atom. The minimum atomic E-state index is -0.459. The van der Waals surface area contributed by atoms with Crippen LogP contribution in [0, 0.1) is 12.8 Å². The largest absolute Gasteiger partial charge is 0.354 e. The second-order valence-corrected chi connectivity index (χ2v) is 8.30. The smallest absolute Gasteiger partial charge is 0.254 e. The molecule has 154 valence electrons. The fourth-order valence-electron chi connectivity index (χ4n) is 4.61. The third-order valence-electron chi connectivity index (χ3n) is 5.90. The minimum absolute atomic E-state index is 0.115. The maximum absolute atomic E-state index is 13.3. The molecule has 3 unspecified atom stereocenters. The van der Waals surface area contributed by atoms with Crippen molar-refractivity contribution >= 4 is 23.4 Å². The first-order chi connectivity index (χ1) is 14.0. The molecule has 1 aromatic heterocycles. The molecule has 2 aromatic rings. The van der Waals surface area contributed by atoms with Gasteiger partial charge < -0.3 is 14.7 Å². The molecule has 29 heavy (non-hydrogen) atoms. The number of hydrogen-bond acceptors (Lipinski definition) is 5. The van der Waals surface area contributed by atoms with Crippen LogP contribution in [-0.2, 0) is 11.2 Å². The average molecular weight is 417 g/mol. The van der Waals surface area contributed by atoms with E-state index < -0.39 is 6.04 Å². The third-order valence-corrected chi connectivity index (χ3v) is 6.14. The van der Waals surface area contributed by atoms with E-state index in [4.69, 9.17) is 16.1 Å². The van der Waals surface area contributed by atoms with Gasteiger partial charge in [-0.05, 0) is 50.3 Å². The average Bonchev–Trinajstić information content (AvgIpc) is 3.30. The van der Waals surface area contributed by atoms with Crippen molar-refractivity contribution < 1.29 is 14.1 Å². The number of benzene rings is 1. The molecule has 2 aliphatic rings. The Morgan fingerprint density at radius 2 is 2.14 bits per heavy atom. The molecular formula is C21H25ClN4O3. The van der Waals surface area contributed by atoms with Crippen LogP contribution in [0.3, 0.4) is 0 Å².